The fourth-order valence-electron chi connectivity index (χ4n) is 3.10. The summed E-state index contributed by atoms with van der Waals surface area (Å²) in [6, 6.07) is 11.5. The number of aromatic nitrogens is 2. The molecular formula is C21H14ClN3O4. The number of rotatable bonds is 3. The van der Waals surface area contributed by atoms with Crippen LogP contribution in [0.4, 0.5) is 0 Å². The molecule has 0 radical (unpaired) electrons. The number of aromatic carboxylic acids is 1. The minimum absolute atomic E-state index is 0.0718. The lowest BCUT2D eigenvalue weighted by Crippen LogP contribution is -2.30. The molecule has 0 spiro atoms. The number of benzene rings is 2. The van der Waals surface area contributed by atoms with Crippen molar-refractivity contribution >= 4 is 35.6 Å². The lowest BCUT2D eigenvalue weighted by atomic mass is 10.1. The highest BCUT2D eigenvalue weighted by Crippen LogP contribution is 2.20. The number of aryl methyl sites for hydroxylation is 1. The van der Waals surface area contributed by atoms with E-state index < -0.39 is 17.4 Å². The number of aromatic amines is 1. The maximum Gasteiger partial charge on any atom is 0.337 e. The zero-order valence-corrected chi connectivity index (χ0v) is 15.9. The van der Waals surface area contributed by atoms with Crippen molar-refractivity contribution in [2.75, 3.05) is 0 Å². The number of carboxylic acid groups (broad SMARTS) is 1. The maximum absolute atomic E-state index is 12.9. The van der Waals surface area contributed by atoms with Crippen LogP contribution in [0.1, 0.15) is 21.6 Å². The molecule has 4 rings (SSSR count). The predicted molar refractivity (Wildman–Crippen MR) is 108 cm³/mol. The van der Waals surface area contributed by atoms with Gasteiger partial charge in [0.05, 0.1) is 27.2 Å². The van der Waals surface area contributed by atoms with E-state index in [0.29, 0.717) is 16.7 Å². The van der Waals surface area contributed by atoms with Crippen LogP contribution in [0.15, 0.2) is 57.8 Å². The zero-order valence-electron chi connectivity index (χ0n) is 15.1. The van der Waals surface area contributed by atoms with Gasteiger partial charge in [-0.05, 0) is 43.3 Å². The Morgan fingerprint density at radius 2 is 1.97 bits per heavy atom. The van der Waals surface area contributed by atoms with E-state index in [1.807, 2.05) is 12.1 Å². The van der Waals surface area contributed by atoms with Gasteiger partial charge in [0.1, 0.15) is 0 Å². The number of carbonyl (C=O) groups excluding carboxylic acids is 1. The molecule has 0 bridgehead atoms. The second kappa shape index (κ2) is 7.03. The minimum atomic E-state index is -1.20. The summed E-state index contributed by atoms with van der Waals surface area (Å²) in [6.45, 7) is 1.69. The molecule has 2 heterocycles. The van der Waals surface area contributed by atoms with E-state index in [-0.39, 0.29) is 21.7 Å². The molecule has 0 saturated carbocycles. The van der Waals surface area contributed by atoms with Crippen molar-refractivity contribution in [2.45, 2.75) is 6.92 Å². The molecule has 0 saturated heterocycles. The first-order valence-corrected chi connectivity index (χ1v) is 8.99. The molecular weight excluding hydrogens is 394 g/mol. The number of nitrogens with one attached hydrogen (secondary N) is 1. The van der Waals surface area contributed by atoms with Crippen LogP contribution < -0.4 is 16.1 Å². The van der Waals surface area contributed by atoms with Crippen molar-refractivity contribution in [3.8, 4) is 5.69 Å². The number of carboxylic acids is 1. The van der Waals surface area contributed by atoms with Gasteiger partial charge in [-0.25, -0.2) is 14.5 Å². The number of hydrogen-bond donors (Lipinski definition) is 2. The maximum atomic E-state index is 12.9. The minimum Gasteiger partial charge on any atom is -0.478 e. The number of carbonyl (C=O) groups is 2. The molecule has 2 aromatic carbocycles. The number of halogens is 1. The molecule has 2 N–H and O–H groups in total. The van der Waals surface area contributed by atoms with E-state index in [1.54, 1.807) is 25.1 Å². The highest BCUT2D eigenvalue weighted by atomic mass is 35.5. The Hall–Kier alpha value is -3.71. The lowest BCUT2D eigenvalue weighted by Gasteiger charge is -2.04. The number of H-pyrrole nitrogens is 1. The third-order valence-corrected chi connectivity index (χ3v) is 4.90. The summed E-state index contributed by atoms with van der Waals surface area (Å²) in [6.07, 6.45) is 3.17. The average Bonchev–Trinajstić information content (AvgIpc) is 2.97. The lowest BCUT2D eigenvalue weighted by molar-refractivity contribution is -0.114. The van der Waals surface area contributed by atoms with Gasteiger partial charge in [0.2, 0.25) is 0 Å². The SMILES string of the molecule is Cc1[nH]n(-c2ccc(Cl)c(C(=O)O)c2)c(=O)c1/C=C1/C=c2ccccc2=NC1=O. The van der Waals surface area contributed by atoms with Gasteiger partial charge < -0.3 is 5.11 Å². The van der Waals surface area contributed by atoms with Crippen LogP contribution in [0.5, 0.6) is 0 Å². The standard InChI is InChI=1S/C21H14ClN3O4/c1-11-15(9-13-8-12-4-2-3-5-18(12)23-19(13)26)20(27)25(24-11)14-6-7-17(22)16(10-14)21(28)29/h2-10,24H,1H3,(H,28,29)/b13-9-. The number of nitrogens with zero attached hydrogens (tertiary/aromatic N) is 2. The summed E-state index contributed by atoms with van der Waals surface area (Å²) in [5.41, 5.74) is 0.874. The number of hydrogen-bond acceptors (Lipinski definition) is 3. The van der Waals surface area contributed by atoms with Crippen LogP contribution in [0.3, 0.4) is 0 Å². The Balaban J connectivity index is 1.84. The summed E-state index contributed by atoms with van der Waals surface area (Å²) in [4.78, 5) is 40.7. The van der Waals surface area contributed by atoms with Crippen LogP contribution >= 0.6 is 11.6 Å². The van der Waals surface area contributed by atoms with Crippen LogP contribution in [0, 0.1) is 6.92 Å². The smallest absolute Gasteiger partial charge is 0.337 e. The molecule has 3 aromatic rings. The molecule has 0 aliphatic carbocycles. The molecule has 1 aromatic heterocycles. The average molecular weight is 408 g/mol. The topological polar surface area (TPSA) is 105 Å². The van der Waals surface area contributed by atoms with E-state index >= 15 is 0 Å². The molecule has 1 amide bonds. The van der Waals surface area contributed by atoms with Gasteiger partial charge in [0.25, 0.3) is 11.5 Å². The second-order valence-corrected chi connectivity index (χ2v) is 6.89. The summed E-state index contributed by atoms with van der Waals surface area (Å²) >= 11 is 5.90. The summed E-state index contributed by atoms with van der Waals surface area (Å²) in [5.74, 6) is -1.63. The van der Waals surface area contributed by atoms with Crippen LogP contribution in [-0.2, 0) is 4.79 Å². The molecule has 1 aliphatic heterocycles. The van der Waals surface area contributed by atoms with Crippen LogP contribution in [0.2, 0.25) is 5.02 Å². The number of para-hydroxylation sites is 1. The molecule has 8 heteroatoms. The molecule has 0 fully saturated rings. The first-order chi connectivity index (χ1) is 13.8. The van der Waals surface area contributed by atoms with Gasteiger partial charge in [0, 0.05) is 16.5 Å². The summed E-state index contributed by atoms with van der Waals surface area (Å²) in [5, 5.41) is 13.6. The number of fused-ring (bicyclic) bond motifs is 1. The molecule has 1 aliphatic rings. The van der Waals surface area contributed by atoms with E-state index in [9.17, 15) is 19.5 Å². The van der Waals surface area contributed by atoms with E-state index in [1.165, 1.54) is 29.0 Å². The Morgan fingerprint density at radius 1 is 1.21 bits per heavy atom. The first kappa shape index (κ1) is 18.6. The highest BCUT2D eigenvalue weighted by Gasteiger charge is 2.17. The van der Waals surface area contributed by atoms with Crippen molar-refractivity contribution < 1.29 is 14.7 Å². The quantitative estimate of drug-likeness (QED) is 0.646. The van der Waals surface area contributed by atoms with Gasteiger partial charge >= 0.3 is 5.97 Å². The third-order valence-electron chi connectivity index (χ3n) is 4.57. The molecule has 144 valence electrons. The normalized spacial score (nSPS) is 14.3. The van der Waals surface area contributed by atoms with E-state index in [0.717, 1.165) is 5.22 Å². The first-order valence-electron chi connectivity index (χ1n) is 8.61. The van der Waals surface area contributed by atoms with Gasteiger partial charge in [-0.15, -0.1) is 0 Å². The zero-order chi connectivity index (χ0) is 20.7. The number of amides is 1. The largest absolute Gasteiger partial charge is 0.478 e. The van der Waals surface area contributed by atoms with Crippen molar-refractivity contribution in [3.63, 3.8) is 0 Å². The van der Waals surface area contributed by atoms with Crippen molar-refractivity contribution in [1.29, 1.82) is 0 Å². The second-order valence-electron chi connectivity index (χ2n) is 6.48. The monoisotopic (exact) mass is 407 g/mol. The summed E-state index contributed by atoms with van der Waals surface area (Å²) < 4.78 is 1.21. The molecule has 29 heavy (non-hydrogen) atoms. The van der Waals surface area contributed by atoms with Crippen molar-refractivity contribution in [3.05, 3.63) is 90.8 Å². The van der Waals surface area contributed by atoms with Crippen LogP contribution in [-0.4, -0.2) is 26.8 Å². The Bertz CT molecular complexity index is 1400. The third kappa shape index (κ3) is 3.32. The Labute approximate surface area is 168 Å². The van der Waals surface area contributed by atoms with Crippen molar-refractivity contribution in [2.24, 2.45) is 4.99 Å². The highest BCUT2D eigenvalue weighted by molar-refractivity contribution is 6.33. The molecule has 0 unspecified atom stereocenters. The van der Waals surface area contributed by atoms with E-state index in [4.69, 9.17) is 11.6 Å². The summed E-state index contributed by atoms with van der Waals surface area (Å²) in [7, 11) is 0. The van der Waals surface area contributed by atoms with Gasteiger partial charge in [-0.1, -0.05) is 29.8 Å². The molecule has 0 atom stereocenters. The van der Waals surface area contributed by atoms with Crippen molar-refractivity contribution in [1.82, 2.24) is 9.78 Å². The fourth-order valence-corrected chi connectivity index (χ4v) is 3.30. The Morgan fingerprint density at radius 3 is 2.72 bits per heavy atom. The van der Waals surface area contributed by atoms with Gasteiger partial charge in [-0.3, -0.25) is 14.7 Å². The molecule has 7 nitrogen and oxygen atoms in total. The van der Waals surface area contributed by atoms with Crippen LogP contribution in [0.25, 0.3) is 17.8 Å². The Kier molecular flexibility index (Phi) is 4.52. The van der Waals surface area contributed by atoms with E-state index in [2.05, 4.69) is 10.1 Å². The van der Waals surface area contributed by atoms with Gasteiger partial charge in [-0.2, -0.15) is 0 Å². The predicted octanol–water partition coefficient (Wildman–Crippen LogP) is 1.85. The fraction of sp³-hybridized carbons (Fsp3) is 0.0476. The van der Waals surface area contributed by atoms with Gasteiger partial charge in [0.15, 0.2) is 0 Å².